The molecule has 3 rings (SSSR count). The molecule has 9 nitrogen and oxygen atoms in total. The highest BCUT2D eigenvalue weighted by atomic mass is 32.2. The minimum Gasteiger partial charge on any atom is -0.379 e. The van der Waals surface area contributed by atoms with Crippen molar-refractivity contribution in [3.05, 3.63) is 35.4 Å². The first-order valence-corrected chi connectivity index (χ1v) is 10.7. The number of rotatable bonds is 7. The molecular weight excluding hydrogens is 390 g/mol. The molecule has 1 aromatic heterocycles. The van der Waals surface area contributed by atoms with Crippen LogP contribution in [0.15, 0.2) is 28.6 Å². The van der Waals surface area contributed by atoms with E-state index in [-0.39, 0.29) is 21.9 Å². The second kappa shape index (κ2) is 8.85. The van der Waals surface area contributed by atoms with Crippen LogP contribution in [0.2, 0.25) is 0 Å². The fourth-order valence-corrected chi connectivity index (χ4v) is 4.62. The number of nitrogens with one attached hydrogen (secondary N) is 2. The lowest BCUT2D eigenvalue weighted by molar-refractivity contribution is -0.114. The number of benzene rings is 1. The Kier molecular flexibility index (Phi) is 6.50. The third-order valence-corrected chi connectivity index (χ3v) is 6.49. The monoisotopic (exact) mass is 411 g/mol. The van der Waals surface area contributed by atoms with Gasteiger partial charge in [0.2, 0.25) is 15.4 Å². The van der Waals surface area contributed by atoms with E-state index in [1.165, 1.54) is 6.92 Å². The highest BCUT2D eigenvalue weighted by Crippen LogP contribution is 2.20. The number of carbonyl (C=O) groups excluding carboxylic acids is 1. The summed E-state index contributed by atoms with van der Waals surface area (Å²) >= 11 is 0.807. The third kappa shape index (κ3) is 5.78. The molecule has 0 saturated carbocycles. The summed E-state index contributed by atoms with van der Waals surface area (Å²) in [6.45, 7) is 5.53. The molecular formula is C16H21N5O4S2. The number of anilines is 1. The van der Waals surface area contributed by atoms with Gasteiger partial charge in [0, 0.05) is 33.1 Å². The van der Waals surface area contributed by atoms with Crippen LogP contribution < -0.4 is 10.0 Å². The van der Waals surface area contributed by atoms with Crippen LogP contribution >= 0.6 is 11.3 Å². The summed E-state index contributed by atoms with van der Waals surface area (Å²) in [5, 5.41) is 9.86. The molecule has 146 valence electrons. The van der Waals surface area contributed by atoms with Crippen molar-refractivity contribution in [3.8, 4) is 0 Å². The SMILES string of the molecule is CC(=O)Nc1nnc(S(=O)(=O)NCc2cccc(CN3CCOCC3)c2)s1. The maximum atomic E-state index is 12.4. The van der Waals surface area contributed by atoms with Crippen molar-refractivity contribution in [1.29, 1.82) is 0 Å². The lowest BCUT2D eigenvalue weighted by Gasteiger charge is -2.26. The normalized spacial score (nSPS) is 15.6. The molecule has 0 radical (unpaired) electrons. The van der Waals surface area contributed by atoms with Crippen LogP contribution in [0.25, 0.3) is 0 Å². The predicted molar refractivity (Wildman–Crippen MR) is 101 cm³/mol. The van der Waals surface area contributed by atoms with E-state index in [2.05, 4.69) is 25.1 Å². The topological polar surface area (TPSA) is 114 Å². The molecule has 1 saturated heterocycles. The summed E-state index contributed by atoms with van der Waals surface area (Å²) in [5.41, 5.74) is 1.98. The average molecular weight is 412 g/mol. The maximum Gasteiger partial charge on any atom is 0.270 e. The second-order valence-electron chi connectivity index (χ2n) is 6.09. The fourth-order valence-electron chi connectivity index (χ4n) is 2.61. The van der Waals surface area contributed by atoms with E-state index in [0.717, 1.165) is 55.3 Å². The molecule has 2 heterocycles. The quantitative estimate of drug-likeness (QED) is 0.648. The number of amides is 1. The second-order valence-corrected chi connectivity index (χ2v) is 9.01. The summed E-state index contributed by atoms with van der Waals surface area (Å²) in [6.07, 6.45) is 0. The van der Waals surface area contributed by atoms with Crippen molar-refractivity contribution < 1.29 is 17.9 Å². The van der Waals surface area contributed by atoms with Crippen LogP contribution in [0.4, 0.5) is 5.13 Å². The number of hydrogen-bond acceptors (Lipinski definition) is 8. The largest absolute Gasteiger partial charge is 0.379 e. The van der Waals surface area contributed by atoms with E-state index < -0.39 is 10.0 Å². The van der Waals surface area contributed by atoms with Gasteiger partial charge >= 0.3 is 0 Å². The number of sulfonamides is 1. The molecule has 1 fully saturated rings. The van der Waals surface area contributed by atoms with Crippen LogP contribution in [0, 0.1) is 0 Å². The van der Waals surface area contributed by atoms with Crippen molar-refractivity contribution in [3.63, 3.8) is 0 Å². The number of morpholine rings is 1. The van der Waals surface area contributed by atoms with Crippen LogP contribution in [0.5, 0.6) is 0 Å². The Bertz CT molecular complexity index is 894. The van der Waals surface area contributed by atoms with Gasteiger partial charge in [0.25, 0.3) is 10.0 Å². The smallest absolute Gasteiger partial charge is 0.270 e. The lowest BCUT2D eigenvalue weighted by Crippen LogP contribution is -2.35. The zero-order valence-corrected chi connectivity index (χ0v) is 16.5. The summed E-state index contributed by atoms with van der Waals surface area (Å²) in [4.78, 5) is 13.3. The third-order valence-electron chi connectivity index (χ3n) is 3.89. The van der Waals surface area contributed by atoms with Gasteiger partial charge < -0.3 is 10.1 Å². The van der Waals surface area contributed by atoms with E-state index in [1.54, 1.807) is 0 Å². The van der Waals surface area contributed by atoms with Crippen molar-refractivity contribution >= 4 is 32.4 Å². The van der Waals surface area contributed by atoms with Crippen molar-refractivity contribution in [2.75, 3.05) is 31.6 Å². The maximum absolute atomic E-state index is 12.4. The van der Waals surface area contributed by atoms with E-state index in [1.807, 2.05) is 24.3 Å². The molecule has 27 heavy (non-hydrogen) atoms. The van der Waals surface area contributed by atoms with Crippen molar-refractivity contribution in [2.45, 2.75) is 24.4 Å². The first-order chi connectivity index (χ1) is 12.9. The number of aromatic nitrogens is 2. The molecule has 0 unspecified atom stereocenters. The van der Waals surface area contributed by atoms with E-state index in [9.17, 15) is 13.2 Å². The van der Waals surface area contributed by atoms with Gasteiger partial charge in [-0.1, -0.05) is 35.6 Å². The molecule has 2 aromatic rings. The van der Waals surface area contributed by atoms with Crippen LogP contribution in [-0.4, -0.2) is 55.7 Å². The minimum absolute atomic E-state index is 0.147. The molecule has 1 aliphatic rings. The van der Waals surface area contributed by atoms with Crippen LogP contribution in [0.3, 0.4) is 0 Å². The molecule has 1 aliphatic heterocycles. The highest BCUT2D eigenvalue weighted by Gasteiger charge is 2.20. The highest BCUT2D eigenvalue weighted by molar-refractivity contribution is 7.91. The van der Waals surface area contributed by atoms with E-state index >= 15 is 0 Å². The number of nitrogens with zero attached hydrogens (tertiary/aromatic N) is 3. The Labute approximate surface area is 161 Å². The van der Waals surface area contributed by atoms with Gasteiger partial charge in [-0.3, -0.25) is 9.69 Å². The molecule has 1 amide bonds. The summed E-state index contributed by atoms with van der Waals surface area (Å²) in [7, 11) is -3.80. The first-order valence-electron chi connectivity index (χ1n) is 8.41. The van der Waals surface area contributed by atoms with Gasteiger partial charge in [0.05, 0.1) is 13.2 Å². The van der Waals surface area contributed by atoms with Crippen LogP contribution in [0.1, 0.15) is 18.1 Å². The fraction of sp³-hybridized carbons (Fsp3) is 0.438. The van der Waals surface area contributed by atoms with Gasteiger partial charge in [-0.15, -0.1) is 10.2 Å². The zero-order chi connectivity index (χ0) is 19.3. The molecule has 2 N–H and O–H groups in total. The standard InChI is InChI=1S/C16H21N5O4S2/c1-12(22)18-15-19-20-16(26-15)27(23,24)17-10-13-3-2-4-14(9-13)11-21-5-7-25-8-6-21/h2-4,9,17H,5-8,10-11H2,1H3,(H,18,19,22). The molecule has 11 heteroatoms. The Morgan fingerprint density at radius 3 is 2.74 bits per heavy atom. The van der Waals surface area contributed by atoms with Gasteiger partial charge in [0.1, 0.15) is 0 Å². The van der Waals surface area contributed by atoms with E-state index in [4.69, 9.17) is 4.74 Å². The van der Waals surface area contributed by atoms with Crippen molar-refractivity contribution in [2.24, 2.45) is 0 Å². The number of ether oxygens (including phenoxy) is 1. The van der Waals surface area contributed by atoms with Gasteiger partial charge in [-0.05, 0) is 11.1 Å². The van der Waals surface area contributed by atoms with Crippen molar-refractivity contribution in [1.82, 2.24) is 19.8 Å². The lowest BCUT2D eigenvalue weighted by atomic mass is 10.1. The molecule has 0 spiro atoms. The van der Waals surface area contributed by atoms with Gasteiger partial charge in [-0.25, -0.2) is 13.1 Å². The van der Waals surface area contributed by atoms with Gasteiger partial charge in [-0.2, -0.15) is 0 Å². The van der Waals surface area contributed by atoms with Crippen LogP contribution in [-0.2, 0) is 32.6 Å². The molecule has 0 atom stereocenters. The zero-order valence-electron chi connectivity index (χ0n) is 14.8. The van der Waals surface area contributed by atoms with Gasteiger partial charge in [0.15, 0.2) is 0 Å². The molecule has 0 aliphatic carbocycles. The summed E-state index contributed by atoms with van der Waals surface area (Å²) in [6, 6.07) is 7.80. The summed E-state index contributed by atoms with van der Waals surface area (Å²) < 4.78 is 32.4. The summed E-state index contributed by atoms with van der Waals surface area (Å²) in [5.74, 6) is -0.333. The number of carbonyl (C=O) groups is 1. The first kappa shape index (κ1) is 19.8. The minimum atomic E-state index is -3.80. The van der Waals surface area contributed by atoms with E-state index in [0.29, 0.717) is 0 Å². The average Bonchev–Trinajstić information content (AvgIpc) is 3.10. The number of hydrogen-bond donors (Lipinski definition) is 2. The Morgan fingerprint density at radius 1 is 1.26 bits per heavy atom. The Balaban J connectivity index is 1.60. The molecule has 1 aromatic carbocycles. The molecule has 0 bridgehead atoms. The Hall–Kier alpha value is -1.92. The Morgan fingerprint density at radius 2 is 2.00 bits per heavy atom. The predicted octanol–water partition coefficient (Wildman–Crippen LogP) is 0.807.